The van der Waals surface area contributed by atoms with E-state index in [1.807, 2.05) is 11.8 Å². The summed E-state index contributed by atoms with van der Waals surface area (Å²) in [6.45, 7) is 6.04. The predicted molar refractivity (Wildman–Crippen MR) is 97.8 cm³/mol. The number of carbonyl (C=O) groups is 1. The number of hydrogen-bond donors (Lipinski definition) is 0. The second-order valence-electron chi connectivity index (χ2n) is 7.62. The van der Waals surface area contributed by atoms with Crippen LogP contribution in [0.25, 0.3) is 0 Å². The molecule has 0 saturated carbocycles. The van der Waals surface area contributed by atoms with Crippen LogP contribution in [0, 0.1) is 5.92 Å². The number of ether oxygens (including phenoxy) is 1. The molecule has 2 aliphatic rings. The molecule has 0 N–H and O–H groups in total. The fraction of sp³-hybridized carbons (Fsp3) is 0.722. The Balaban J connectivity index is 2.06. The van der Waals surface area contributed by atoms with Crippen LogP contribution in [-0.2, 0) is 16.1 Å². The molecule has 0 spiro atoms. The van der Waals surface area contributed by atoms with E-state index in [-0.39, 0.29) is 30.7 Å². The number of halogens is 3. The third-order valence-corrected chi connectivity index (χ3v) is 5.24. The van der Waals surface area contributed by atoms with Crippen LogP contribution in [0.2, 0.25) is 0 Å². The van der Waals surface area contributed by atoms with Crippen LogP contribution >= 0.6 is 0 Å². The molecule has 2 aliphatic heterocycles. The van der Waals surface area contributed by atoms with Gasteiger partial charge in [0.2, 0.25) is 5.95 Å². The number of carbonyl (C=O) groups excluding carboxylic acids is 1. The van der Waals surface area contributed by atoms with Crippen LogP contribution in [0.1, 0.15) is 27.2 Å². The smallest absolute Gasteiger partial charge is 0.377 e. The third-order valence-electron chi connectivity index (χ3n) is 5.24. The summed E-state index contributed by atoms with van der Waals surface area (Å²) in [5.74, 6) is -0.527. The van der Waals surface area contributed by atoms with Gasteiger partial charge < -0.3 is 14.5 Å². The van der Waals surface area contributed by atoms with Crippen LogP contribution in [0.5, 0.6) is 0 Å². The average Bonchev–Trinajstić information content (AvgIpc) is 2.61. The van der Waals surface area contributed by atoms with Crippen LogP contribution in [0.15, 0.2) is 10.9 Å². The minimum atomic E-state index is -4.53. The molecule has 1 fully saturated rings. The average molecular weight is 402 g/mol. The van der Waals surface area contributed by atoms with E-state index in [1.165, 1.54) is 10.6 Å². The highest BCUT2D eigenvalue weighted by molar-refractivity contribution is 5.85. The number of rotatable bonds is 4. The minimum absolute atomic E-state index is 0.0588. The van der Waals surface area contributed by atoms with Gasteiger partial charge in [0.15, 0.2) is 5.78 Å². The van der Waals surface area contributed by atoms with E-state index >= 15 is 0 Å². The molecule has 0 aromatic carbocycles. The number of hydrogen-bond acceptors (Lipinski definition) is 6. The molecule has 0 aliphatic carbocycles. The van der Waals surface area contributed by atoms with Gasteiger partial charge in [-0.1, -0.05) is 13.8 Å². The summed E-state index contributed by atoms with van der Waals surface area (Å²) in [4.78, 5) is 32.1. The van der Waals surface area contributed by atoms with Crippen molar-refractivity contribution in [3.8, 4) is 0 Å². The maximum atomic E-state index is 13.7. The lowest BCUT2D eigenvalue weighted by atomic mass is 10.1. The Morgan fingerprint density at radius 1 is 1.36 bits per heavy atom. The van der Waals surface area contributed by atoms with Crippen LogP contribution < -0.4 is 15.4 Å². The molecule has 0 amide bonds. The third kappa shape index (κ3) is 4.01. The zero-order valence-electron chi connectivity index (χ0n) is 16.2. The lowest BCUT2D eigenvalue weighted by molar-refractivity contribution is -0.153. The normalized spacial score (nSPS) is 23.1. The van der Waals surface area contributed by atoms with E-state index < -0.39 is 30.2 Å². The number of aromatic nitrogens is 2. The van der Waals surface area contributed by atoms with Crippen molar-refractivity contribution in [3.05, 3.63) is 16.4 Å². The molecule has 1 aromatic heterocycles. The molecule has 3 heterocycles. The van der Waals surface area contributed by atoms with Crippen LogP contribution in [0.4, 0.5) is 24.9 Å². The molecule has 2 atom stereocenters. The first-order chi connectivity index (χ1) is 13.1. The van der Waals surface area contributed by atoms with Gasteiger partial charge in [0.25, 0.3) is 5.56 Å². The summed E-state index contributed by atoms with van der Waals surface area (Å²) in [6, 6.07) is -0.558. The molecule has 28 heavy (non-hydrogen) atoms. The first kappa shape index (κ1) is 20.6. The molecule has 0 bridgehead atoms. The van der Waals surface area contributed by atoms with Crippen LogP contribution in [-0.4, -0.2) is 59.9 Å². The van der Waals surface area contributed by atoms with Gasteiger partial charge >= 0.3 is 6.18 Å². The van der Waals surface area contributed by atoms with Gasteiger partial charge in [-0.2, -0.15) is 18.2 Å². The first-order valence-corrected chi connectivity index (χ1v) is 9.42. The van der Waals surface area contributed by atoms with E-state index in [1.54, 1.807) is 13.8 Å². The zero-order chi connectivity index (χ0) is 20.6. The molecule has 3 rings (SSSR count). The minimum Gasteiger partial charge on any atom is -0.377 e. The molecule has 156 valence electrons. The SMILES string of the molecule is CC(C)C(=O)CN1c2nc(N3CCOC[C@H]3C)cc(=O)n2CC[C@@H]1C(F)(F)F. The van der Waals surface area contributed by atoms with Gasteiger partial charge in [-0.3, -0.25) is 14.2 Å². The molecule has 0 unspecified atom stereocenters. The lowest BCUT2D eigenvalue weighted by Crippen LogP contribution is -2.54. The van der Waals surface area contributed by atoms with Crippen molar-refractivity contribution in [1.29, 1.82) is 0 Å². The number of fused-ring (bicyclic) bond motifs is 1. The summed E-state index contributed by atoms with van der Waals surface area (Å²) in [5, 5.41) is 0. The van der Waals surface area contributed by atoms with Gasteiger partial charge in [0, 0.05) is 25.1 Å². The van der Waals surface area contributed by atoms with Crippen molar-refractivity contribution < 1.29 is 22.7 Å². The van der Waals surface area contributed by atoms with Crippen molar-refractivity contribution >= 4 is 17.5 Å². The van der Waals surface area contributed by atoms with Gasteiger partial charge in [0.05, 0.1) is 25.8 Å². The maximum absolute atomic E-state index is 13.7. The largest absolute Gasteiger partial charge is 0.408 e. The van der Waals surface area contributed by atoms with Gasteiger partial charge in [0.1, 0.15) is 11.9 Å². The summed E-state index contributed by atoms with van der Waals surface area (Å²) >= 11 is 0. The summed E-state index contributed by atoms with van der Waals surface area (Å²) in [5.41, 5.74) is -0.415. The Labute approximate surface area is 161 Å². The molecular formula is C18H25F3N4O3. The number of Topliss-reactive ketones (excluding diaryl/α,β-unsaturated/α-hetero) is 1. The van der Waals surface area contributed by atoms with Crippen molar-refractivity contribution in [3.63, 3.8) is 0 Å². The van der Waals surface area contributed by atoms with Gasteiger partial charge in [-0.05, 0) is 13.3 Å². The standard InChI is InChI=1S/C18H25F3N4O3/c1-11(2)13(26)9-25-14(18(19,20)21)4-5-24-16(27)8-15(22-17(24)25)23-6-7-28-10-12(23)3/h8,11-12,14H,4-7,9-10H2,1-3H3/t12-,14-/m1/s1. The molecule has 1 aromatic rings. The number of alkyl halides is 3. The fourth-order valence-corrected chi connectivity index (χ4v) is 3.54. The van der Waals surface area contributed by atoms with E-state index in [2.05, 4.69) is 4.98 Å². The Hall–Kier alpha value is -2.10. The highest BCUT2D eigenvalue weighted by atomic mass is 19.4. The first-order valence-electron chi connectivity index (χ1n) is 9.42. The zero-order valence-corrected chi connectivity index (χ0v) is 16.2. The summed E-state index contributed by atoms with van der Waals surface area (Å²) in [7, 11) is 0. The molecular weight excluding hydrogens is 377 g/mol. The highest BCUT2D eigenvalue weighted by Crippen LogP contribution is 2.34. The summed E-state index contributed by atoms with van der Waals surface area (Å²) < 4.78 is 47.6. The predicted octanol–water partition coefficient (Wildman–Crippen LogP) is 1.83. The number of morpholine rings is 1. The second-order valence-corrected chi connectivity index (χ2v) is 7.62. The Bertz CT molecular complexity index is 793. The highest BCUT2D eigenvalue weighted by Gasteiger charge is 2.47. The molecule has 0 radical (unpaired) electrons. The van der Waals surface area contributed by atoms with E-state index in [0.717, 1.165) is 4.90 Å². The van der Waals surface area contributed by atoms with Crippen molar-refractivity contribution in [2.24, 2.45) is 5.92 Å². The lowest BCUT2D eigenvalue weighted by Gasteiger charge is -2.40. The van der Waals surface area contributed by atoms with Gasteiger partial charge in [-0.25, -0.2) is 0 Å². The summed E-state index contributed by atoms with van der Waals surface area (Å²) in [6.07, 6.45) is -4.82. The van der Waals surface area contributed by atoms with E-state index in [9.17, 15) is 22.8 Å². The van der Waals surface area contributed by atoms with Crippen molar-refractivity contribution in [2.45, 2.75) is 52.0 Å². The quantitative estimate of drug-likeness (QED) is 0.766. The van der Waals surface area contributed by atoms with E-state index in [0.29, 0.717) is 25.6 Å². The number of anilines is 2. The second kappa shape index (κ2) is 7.73. The Morgan fingerprint density at radius 2 is 2.07 bits per heavy atom. The topological polar surface area (TPSA) is 67.7 Å². The van der Waals surface area contributed by atoms with E-state index in [4.69, 9.17) is 4.74 Å². The monoisotopic (exact) mass is 402 g/mol. The maximum Gasteiger partial charge on any atom is 0.408 e. The molecule has 7 nitrogen and oxygen atoms in total. The Kier molecular flexibility index (Phi) is 5.69. The Morgan fingerprint density at radius 3 is 2.68 bits per heavy atom. The number of ketones is 1. The molecule has 1 saturated heterocycles. The number of nitrogens with zero attached hydrogens (tertiary/aromatic N) is 4. The van der Waals surface area contributed by atoms with Crippen molar-refractivity contribution in [2.75, 3.05) is 36.1 Å². The van der Waals surface area contributed by atoms with Crippen LogP contribution in [0.3, 0.4) is 0 Å². The van der Waals surface area contributed by atoms with Gasteiger partial charge in [-0.15, -0.1) is 0 Å². The van der Waals surface area contributed by atoms with Crippen molar-refractivity contribution in [1.82, 2.24) is 9.55 Å². The molecule has 10 heteroatoms. The fourth-order valence-electron chi connectivity index (χ4n) is 3.54.